The predicted octanol–water partition coefficient (Wildman–Crippen LogP) is 2.97. The molecule has 1 aromatic heterocycles. The molecule has 0 spiro atoms. The van der Waals surface area contributed by atoms with E-state index in [0.29, 0.717) is 18.0 Å². The van der Waals surface area contributed by atoms with Gasteiger partial charge in [0, 0.05) is 6.42 Å². The minimum Gasteiger partial charge on any atom is -0.495 e. The number of ether oxygens (including phenoxy) is 1. The van der Waals surface area contributed by atoms with Crippen LogP contribution < -0.4 is 15.0 Å². The zero-order valence-electron chi connectivity index (χ0n) is 19.4. The Bertz CT molecular complexity index is 1040. The number of hydrogen-bond acceptors (Lipinski definition) is 5. The number of thioether (sulfide) groups is 1. The lowest BCUT2D eigenvalue weighted by Gasteiger charge is -2.20. The standard InChI is InChI=1S/C24H31N5O2S/c1-6-20(28(3)4)23-26-27-24(29(23)15-18-10-8-7-9-11-18)32-16-22(30)25-19-14-17(2)12-13-21(19)31-5/h7-14,20H,6,15-16H2,1-5H3,(H,25,30)/p+1/t20-/m1/s1. The Labute approximate surface area is 194 Å². The van der Waals surface area contributed by atoms with E-state index in [-0.39, 0.29) is 17.7 Å². The van der Waals surface area contributed by atoms with Gasteiger partial charge in [0.25, 0.3) is 0 Å². The summed E-state index contributed by atoms with van der Waals surface area (Å²) in [6.45, 7) is 4.81. The van der Waals surface area contributed by atoms with Crippen molar-refractivity contribution in [2.24, 2.45) is 0 Å². The first kappa shape index (κ1) is 23.8. The van der Waals surface area contributed by atoms with Crippen LogP contribution in [0.2, 0.25) is 0 Å². The van der Waals surface area contributed by atoms with Gasteiger partial charge in [-0.1, -0.05) is 55.1 Å². The molecule has 170 valence electrons. The topological polar surface area (TPSA) is 73.5 Å². The van der Waals surface area contributed by atoms with Crippen molar-refractivity contribution in [3.8, 4) is 5.75 Å². The van der Waals surface area contributed by atoms with Gasteiger partial charge in [-0.25, -0.2) is 0 Å². The van der Waals surface area contributed by atoms with Gasteiger partial charge in [-0.2, -0.15) is 0 Å². The van der Waals surface area contributed by atoms with E-state index < -0.39 is 0 Å². The van der Waals surface area contributed by atoms with E-state index in [4.69, 9.17) is 4.74 Å². The SMILES string of the molecule is CC[C@H](c1nnc(SCC(=O)Nc2cc(C)ccc2OC)n1Cc1ccccc1)[NH+](C)C. The zero-order valence-corrected chi connectivity index (χ0v) is 20.2. The van der Waals surface area contributed by atoms with Gasteiger partial charge in [0.2, 0.25) is 5.91 Å². The highest BCUT2D eigenvalue weighted by Crippen LogP contribution is 2.26. The third-order valence-electron chi connectivity index (χ3n) is 5.31. The molecule has 0 unspecified atom stereocenters. The molecule has 8 heteroatoms. The van der Waals surface area contributed by atoms with Crippen LogP contribution in [0.3, 0.4) is 0 Å². The number of carbonyl (C=O) groups excluding carboxylic acids is 1. The highest BCUT2D eigenvalue weighted by molar-refractivity contribution is 7.99. The summed E-state index contributed by atoms with van der Waals surface area (Å²) in [7, 11) is 5.86. The summed E-state index contributed by atoms with van der Waals surface area (Å²) in [6, 6.07) is 16.2. The number of methoxy groups -OCH3 is 1. The van der Waals surface area contributed by atoms with Gasteiger partial charge >= 0.3 is 0 Å². The number of amides is 1. The number of aromatic nitrogens is 3. The van der Waals surface area contributed by atoms with Crippen molar-refractivity contribution in [2.45, 2.75) is 38.0 Å². The van der Waals surface area contributed by atoms with Crippen LogP contribution in [-0.4, -0.2) is 47.6 Å². The Morgan fingerprint density at radius 3 is 2.59 bits per heavy atom. The maximum atomic E-state index is 12.7. The lowest BCUT2D eigenvalue weighted by molar-refractivity contribution is -0.893. The molecule has 0 aliphatic rings. The number of quaternary nitrogens is 1. The van der Waals surface area contributed by atoms with Crippen LogP contribution in [-0.2, 0) is 11.3 Å². The van der Waals surface area contributed by atoms with Crippen LogP contribution >= 0.6 is 11.8 Å². The van der Waals surface area contributed by atoms with Gasteiger partial charge in [-0.15, -0.1) is 10.2 Å². The third-order valence-corrected chi connectivity index (χ3v) is 6.27. The molecule has 0 aliphatic heterocycles. The number of benzene rings is 2. The molecule has 0 fully saturated rings. The van der Waals surface area contributed by atoms with Crippen LogP contribution in [0.1, 0.15) is 36.3 Å². The molecule has 7 nitrogen and oxygen atoms in total. The van der Waals surface area contributed by atoms with E-state index in [0.717, 1.165) is 23.0 Å². The number of anilines is 1. The summed E-state index contributed by atoms with van der Waals surface area (Å²) in [5.74, 6) is 1.71. The fourth-order valence-corrected chi connectivity index (χ4v) is 4.41. The number of hydrogen-bond donors (Lipinski definition) is 2. The van der Waals surface area contributed by atoms with E-state index in [1.54, 1.807) is 7.11 Å². The maximum Gasteiger partial charge on any atom is 0.234 e. The number of rotatable bonds is 10. The molecule has 0 aliphatic carbocycles. The first-order chi connectivity index (χ1) is 15.4. The summed E-state index contributed by atoms with van der Waals surface area (Å²) < 4.78 is 7.50. The molecule has 32 heavy (non-hydrogen) atoms. The Kier molecular flexibility index (Phi) is 8.30. The lowest BCUT2D eigenvalue weighted by atomic mass is 10.2. The Morgan fingerprint density at radius 1 is 1.19 bits per heavy atom. The molecule has 3 aromatic rings. The van der Waals surface area contributed by atoms with Crippen LogP contribution in [0, 0.1) is 6.92 Å². The van der Waals surface area contributed by atoms with E-state index >= 15 is 0 Å². The molecule has 2 aromatic carbocycles. The van der Waals surface area contributed by atoms with E-state index in [9.17, 15) is 4.79 Å². The molecule has 2 N–H and O–H groups in total. The van der Waals surface area contributed by atoms with Crippen molar-refractivity contribution < 1.29 is 14.4 Å². The second-order valence-electron chi connectivity index (χ2n) is 7.99. The summed E-state index contributed by atoms with van der Waals surface area (Å²) in [5.41, 5.74) is 2.90. The molecular formula is C24H32N5O2S+. The summed E-state index contributed by atoms with van der Waals surface area (Å²) in [6.07, 6.45) is 0.952. The first-order valence-corrected chi connectivity index (χ1v) is 11.8. The number of carbonyl (C=O) groups is 1. The molecular weight excluding hydrogens is 422 g/mol. The van der Waals surface area contributed by atoms with Crippen molar-refractivity contribution in [1.29, 1.82) is 0 Å². The highest BCUT2D eigenvalue weighted by atomic mass is 32.2. The van der Waals surface area contributed by atoms with Crippen LogP contribution in [0.25, 0.3) is 0 Å². The van der Waals surface area contributed by atoms with Gasteiger partial charge in [0.05, 0.1) is 39.2 Å². The number of aryl methyl sites for hydroxylation is 1. The van der Waals surface area contributed by atoms with Crippen LogP contribution in [0.5, 0.6) is 5.75 Å². The minimum atomic E-state index is -0.111. The van der Waals surface area contributed by atoms with Gasteiger partial charge < -0.3 is 15.0 Å². The van der Waals surface area contributed by atoms with Gasteiger partial charge in [-0.05, 0) is 30.2 Å². The van der Waals surface area contributed by atoms with Gasteiger partial charge in [0.1, 0.15) is 11.8 Å². The molecule has 1 heterocycles. The molecule has 1 amide bonds. The van der Waals surface area contributed by atoms with E-state index in [1.165, 1.54) is 22.2 Å². The average molecular weight is 455 g/mol. The molecule has 0 radical (unpaired) electrons. The fraction of sp³-hybridized carbons (Fsp3) is 0.375. The number of nitrogens with one attached hydrogen (secondary N) is 2. The summed E-state index contributed by atoms with van der Waals surface area (Å²) in [5, 5.41) is 12.7. The average Bonchev–Trinajstić information content (AvgIpc) is 3.15. The Morgan fingerprint density at radius 2 is 1.94 bits per heavy atom. The maximum absolute atomic E-state index is 12.7. The second-order valence-corrected chi connectivity index (χ2v) is 8.93. The van der Waals surface area contributed by atoms with Gasteiger partial charge in [-0.3, -0.25) is 9.36 Å². The smallest absolute Gasteiger partial charge is 0.234 e. The monoisotopic (exact) mass is 454 g/mol. The van der Waals surface area contributed by atoms with Crippen molar-refractivity contribution in [3.63, 3.8) is 0 Å². The third kappa shape index (κ3) is 5.89. The zero-order chi connectivity index (χ0) is 23.1. The Balaban J connectivity index is 1.79. The van der Waals surface area contributed by atoms with E-state index in [2.05, 4.69) is 53.2 Å². The minimum absolute atomic E-state index is 0.111. The molecule has 0 saturated heterocycles. The van der Waals surface area contributed by atoms with Crippen molar-refractivity contribution in [3.05, 3.63) is 65.5 Å². The normalized spacial score (nSPS) is 12.1. The molecule has 0 saturated carbocycles. The lowest BCUT2D eigenvalue weighted by Crippen LogP contribution is -3.06. The predicted molar refractivity (Wildman–Crippen MR) is 128 cm³/mol. The summed E-state index contributed by atoms with van der Waals surface area (Å²) in [4.78, 5) is 14.0. The van der Waals surface area contributed by atoms with Crippen LogP contribution in [0.4, 0.5) is 5.69 Å². The number of nitrogens with zero attached hydrogens (tertiary/aromatic N) is 3. The van der Waals surface area contributed by atoms with Crippen LogP contribution in [0.15, 0.2) is 53.7 Å². The molecule has 3 rings (SSSR count). The molecule has 0 bridgehead atoms. The van der Waals surface area contributed by atoms with Crippen molar-refractivity contribution in [2.75, 3.05) is 32.3 Å². The summed E-state index contributed by atoms with van der Waals surface area (Å²) >= 11 is 1.40. The second kappa shape index (κ2) is 11.2. The van der Waals surface area contributed by atoms with Gasteiger partial charge in [0.15, 0.2) is 11.0 Å². The quantitative estimate of drug-likeness (QED) is 0.461. The van der Waals surface area contributed by atoms with Crippen molar-refractivity contribution >= 4 is 23.4 Å². The molecule has 1 atom stereocenters. The first-order valence-electron chi connectivity index (χ1n) is 10.8. The van der Waals surface area contributed by atoms with Crippen molar-refractivity contribution in [1.82, 2.24) is 14.8 Å². The Hall–Kier alpha value is -2.84. The largest absolute Gasteiger partial charge is 0.495 e. The fourth-order valence-electron chi connectivity index (χ4n) is 3.66. The highest BCUT2D eigenvalue weighted by Gasteiger charge is 2.25. The van der Waals surface area contributed by atoms with E-state index in [1.807, 2.05) is 43.3 Å².